The van der Waals surface area contributed by atoms with Crippen LogP contribution < -0.4 is 4.72 Å². The molecule has 0 radical (unpaired) electrons. The van der Waals surface area contributed by atoms with Crippen molar-refractivity contribution in [2.45, 2.75) is 31.6 Å². The van der Waals surface area contributed by atoms with E-state index in [9.17, 15) is 17.6 Å². The molecule has 0 fully saturated rings. The SMILES string of the molecule is CCCN(CCC)C(=O)c1cccc(S(=O)(=O)Nc2cccc(F)c2)c1. The van der Waals surface area contributed by atoms with E-state index in [4.69, 9.17) is 0 Å². The van der Waals surface area contributed by atoms with Gasteiger partial charge in [-0.15, -0.1) is 0 Å². The smallest absolute Gasteiger partial charge is 0.261 e. The molecule has 1 amide bonds. The number of carbonyl (C=O) groups excluding carboxylic acids is 1. The van der Waals surface area contributed by atoms with Crippen molar-refractivity contribution in [3.05, 3.63) is 59.9 Å². The van der Waals surface area contributed by atoms with Crippen molar-refractivity contribution in [2.75, 3.05) is 17.8 Å². The van der Waals surface area contributed by atoms with Gasteiger partial charge in [0.25, 0.3) is 15.9 Å². The first-order valence-electron chi connectivity index (χ1n) is 8.55. The van der Waals surface area contributed by atoms with E-state index in [1.54, 1.807) is 11.0 Å². The van der Waals surface area contributed by atoms with Gasteiger partial charge in [-0.25, -0.2) is 12.8 Å². The van der Waals surface area contributed by atoms with Gasteiger partial charge in [0.2, 0.25) is 0 Å². The zero-order valence-electron chi connectivity index (χ0n) is 14.9. The highest BCUT2D eigenvalue weighted by atomic mass is 32.2. The summed E-state index contributed by atoms with van der Waals surface area (Å²) in [5.74, 6) is -0.736. The van der Waals surface area contributed by atoms with Crippen LogP contribution in [-0.4, -0.2) is 32.3 Å². The highest BCUT2D eigenvalue weighted by Crippen LogP contribution is 2.19. The fourth-order valence-corrected chi connectivity index (χ4v) is 3.69. The molecule has 7 heteroatoms. The maximum absolute atomic E-state index is 13.3. The standard InChI is InChI=1S/C19H23FN2O3S/c1-3-11-22(12-4-2)19(23)15-7-5-10-18(13-15)26(24,25)21-17-9-6-8-16(20)14-17/h5-10,13-14,21H,3-4,11-12H2,1-2H3. The lowest BCUT2D eigenvalue weighted by atomic mass is 10.2. The third-order valence-electron chi connectivity index (χ3n) is 3.74. The predicted octanol–water partition coefficient (Wildman–Crippen LogP) is 3.89. The Hall–Kier alpha value is -2.41. The Balaban J connectivity index is 2.28. The van der Waals surface area contributed by atoms with E-state index in [1.165, 1.54) is 36.4 Å². The highest BCUT2D eigenvalue weighted by Gasteiger charge is 2.19. The first kappa shape index (κ1) is 19.9. The monoisotopic (exact) mass is 378 g/mol. The molecule has 0 aliphatic rings. The first-order valence-corrected chi connectivity index (χ1v) is 10.0. The summed E-state index contributed by atoms with van der Waals surface area (Å²) in [4.78, 5) is 14.3. The Kier molecular flexibility index (Phi) is 6.74. The molecular weight excluding hydrogens is 355 g/mol. The topological polar surface area (TPSA) is 66.5 Å². The van der Waals surface area contributed by atoms with Gasteiger partial charge in [0.15, 0.2) is 0 Å². The van der Waals surface area contributed by atoms with E-state index in [-0.39, 0.29) is 16.5 Å². The van der Waals surface area contributed by atoms with Crippen LogP contribution in [0.15, 0.2) is 53.4 Å². The summed E-state index contributed by atoms with van der Waals surface area (Å²) >= 11 is 0. The third-order valence-corrected chi connectivity index (χ3v) is 5.12. The van der Waals surface area contributed by atoms with E-state index in [0.717, 1.165) is 18.9 Å². The molecule has 0 aliphatic heterocycles. The normalized spacial score (nSPS) is 11.2. The maximum Gasteiger partial charge on any atom is 0.261 e. The van der Waals surface area contributed by atoms with Gasteiger partial charge in [-0.2, -0.15) is 0 Å². The lowest BCUT2D eigenvalue weighted by Crippen LogP contribution is -2.32. The number of benzene rings is 2. The molecule has 0 spiro atoms. The van der Waals surface area contributed by atoms with Crippen molar-refractivity contribution in [1.82, 2.24) is 4.90 Å². The number of rotatable bonds is 8. The van der Waals surface area contributed by atoms with Gasteiger partial charge >= 0.3 is 0 Å². The first-order chi connectivity index (χ1) is 12.4. The number of hydrogen-bond donors (Lipinski definition) is 1. The second-order valence-corrected chi connectivity index (χ2v) is 7.62. The Morgan fingerprint density at radius 2 is 1.69 bits per heavy atom. The number of sulfonamides is 1. The summed E-state index contributed by atoms with van der Waals surface area (Å²) in [6, 6.07) is 11.1. The Bertz CT molecular complexity index is 863. The Morgan fingerprint density at radius 3 is 2.31 bits per heavy atom. The molecule has 1 N–H and O–H groups in total. The molecule has 2 aromatic rings. The number of anilines is 1. The van der Waals surface area contributed by atoms with Crippen LogP contribution in [0.25, 0.3) is 0 Å². The number of nitrogens with one attached hydrogen (secondary N) is 1. The van der Waals surface area contributed by atoms with Crippen molar-refractivity contribution >= 4 is 21.6 Å². The molecule has 5 nitrogen and oxygen atoms in total. The van der Waals surface area contributed by atoms with E-state index < -0.39 is 15.8 Å². The zero-order valence-corrected chi connectivity index (χ0v) is 15.7. The van der Waals surface area contributed by atoms with E-state index in [0.29, 0.717) is 18.7 Å². The molecule has 140 valence electrons. The van der Waals surface area contributed by atoms with E-state index in [2.05, 4.69) is 4.72 Å². The van der Waals surface area contributed by atoms with Crippen LogP contribution in [0.2, 0.25) is 0 Å². The van der Waals surface area contributed by atoms with Crippen LogP contribution in [0.3, 0.4) is 0 Å². The van der Waals surface area contributed by atoms with Crippen LogP contribution in [0, 0.1) is 5.82 Å². The summed E-state index contributed by atoms with van der Waals surface area (Å²) in [5.41, 5.74) is 0.439. The van der Waals surface area contributed by atoms with Gasteiger partial charge in [-0.1, -0.05) is 26.0 Å². The average Bonchev–Trinajstić information content (AvgIpc) is 2.61. The largest absolute Gasteiger partial charge is 0.339 e. The predicted molar refractivity (Wildman–Crippen MR) is 100 cm³/mol. The Labute approximate surface area is 153 Å². The molecule has 0 saturated carbocycles. The minimum atomic E-state index is -3.92. The molecule has 0 unspecified atom stereocenters. The van der Waals surface area contributed by atoms with Crippen molar-refractivity contribution in [2.24, 2.45) is 0 Å². The molecule has 0 aromatic heterocycles. The minimum Gasteiger partial charge on any atom is -0.339 e. The number of halogens is 1. The quantitative estimate of drug-likeness (QED) is 0.758. The van der Waals surface area contributed by atoms with Crippen LogP contribution in [0.5, 0.6) is 0 Å². The molecule has 2 rings (SSSR count). The summed E-state index contributed by atoms with van der Waals surface area (Å²) < 4.78 is 40.7. The number of nitrogens with zero attached hydrogens (tertiary/aromatic N) is 1. The van der Waals surface area contributed by atoms with Gasteiger partial charge in [-0.3, -0.25) is 9.52 Å². The van der Waals surface area contributed by atoms with Crippen LogP contribution in [-0.2, 0) is 10.0 Å². The molecule has 0 atom stereocenters. The summed E-state index contributed by atoms with van der Waals surface area (Å²) in [6.07, 6.45) is 1.65. The molecule has 26 heavy (non-hydrogen) atoms. The molecular formula is C19H23FN2O3S. The van der Waals surface area contributed by atoms with Crippen molar-refractivity contribution in [3.8, 4) is 0 Å². The number of carbonyl (C=O) groups is 1. The van der Waals surface area contributed by atoms with Crippen LogP contribution in [0.4, 0.5) is 10.1 Å². The molecule has 0 heterocycles. The van der Waals surface area contributed by atoms with Crippen molar-refractivity contribution in [3.63, 3.8) is 0 Å². The lowest BCUT2D eigenvalue weighted by Gasteiger charge is -2.21. The maximum atomic E-state index is 13.3. The fraction of sp³-hybridized carbons (Fsp3) is 0.316. The van der Waals surface area contributed by atoms with Gasteiger partial charge < -0.3 is 4.90 Å². The minimum absolute atomic E-state index is 0.0411. The van der Waals surface area contributed by atoms with E-state index in [1.807, 2.05) is 13.8 Å². The average molecular weight is 378 g/mol. The number of hydrogen-bond acceptors (Lipinski definition) is 3. The van der Waals surface area contributed by atoms with Crippen LogP contribution >= 0.6 is 0 Å². The highest BCUT2D eigenvalue weighted by molar-refractivity contribution is 7.92. The molecule has 2 aromatic carbocycles. The second kappa shape index (κ2) is 8.80. The zero-order chi connectivity index (χ0) is 19.2. The van der Waals surface area contributed by atoms with Crippen molar-refractivity contribution < 1.29 is 17.6 Å². The second-order valence-electron chi connectivity index (χ2n) is 5.94. The summed E-state index contributed by atoms with van der Waals surface area (Å²) in [7, 11) is -3.92. The van der Waals surface area contributed by atoms with Crippen LogP contribution in [0.1, 0.15) is 37.0 Å². The van der Waals surface area contributed by atoms with Gasteiger partial charge in [0.05, 0.1) is 10.6 Å². The third kappa shape index (κ3) is 5.05. The van der Waals surface area contributed by atoms with Gasteiger partial charge in [0, 0.05) is 18.7 Å². The number of amides is 1. The van der Waals surface area contributed by atoms with E-state index >= 15 is 0 Å². The lowest BCUT2D eigenvalue weighted by molar-refractivity contribution is 0.0755. The summed E-state index contributed by atoms with van der Waals surface area (Å²) in [6.45, 7) is 5.20. The Morgan fingerprint density at radius 1 is 1.04 bits per heavy atom. The summed E-state index contributed by atoms with van der Waals surface area (Å²) in [5, 5.41) is 0. The van der Waals surface area contributed by atoms with Crippen molar-refractivity contribution in [1.29, 1.82) is 0 Å². The van der Waals surface area contributed by atoms with Gasteiger partial charge in [0.1, 0.15) is 5.82 Å². The van der Waals surface area contributed by atoms with Gasteiger partial charge in [-0.05, 0) is 49.2 Å². The fourth-order valence-electron chi connectivity index (χ4n) is 2.60. The molecule has 0 saturated heterocycles. The molecule has 0 bridgehead atoms. The molecule has 0 aliphatic carbocycles.